The van der Waals surface area contributed by atoms with Crippen molar-refractivity contribution in [2.45, 2.75) is 39.0 Å². The Hall–Kier alpha value is -2.43. The molecule has 2 N–H and O–H groups in total. The smallest absolute Gasteiger partial charge is 0.404 e. The number of benzene rings is 1. The van der Waals surface area contributed by atoms with Crippen molar-refractivity contribution in [3.8, 4) is 11.8 Å². The van der Waals surface area contributed by atoms with E-state index in [2.05, 4.69) is 36.6 Å². The second-order valence-electron chi connectivity index (χ2n) is 10.8. The van der Waals surface area contributed by atoms with Crippen molar-refractivity contribution in [1.29, 1.82) is 5.26 Å². The minimum atomic E-state index is -3.41. The van der Waals surface area contributed by atoms with Crippen molar-refractivity contribution in [3.05, 3.63) is 29.8 Å². The van der Waals surface area contributed by atoms with E-state index in [0.29, 0.717) is 50.6 Å². The third kappa shape index (κ3) is 8.83. The molecule has 2 saturated heterocycles. The van der Waals surface area contributed by atoms with Crippen LogP contribution in [0, 0.1) is 16.7 Å². The third-order valence-corrected chi connectivity index (χ3v) is 8.04. The second kappa shape index (κ2) is 12.4. The summed E-state index contributed by atoms with van der Waals surface area (Å²) < 4.78 is 43.2. The van der Waals surface area contributed by atoms with Gasteiger partial charge in [-0.05, 0) is 29.7 Å². The van der Waals surface area contributed by atoms with Crippen molar-refractivity contribution < 1.29 is 27.4 Å². The number of nitrogens with zero attached hydrogens (tertiary/aromatic N) is 4. The summed E-state index contributed by atoms with van der Waals surface area (Å²) in [5.41, 5.74) is 5.63. The molecule has 0 aliphatic carbocycles. The van der Waals surface area contributed by atoms with E-state index < -0.39 is 16.1 Å². The minimum Gasteiger partial charge on any atom is -0.492 e. The van der Waals surface area contributed by atoms with Crippen LogP contribution in [0.25, 0.3) is 0 Å². The van der Waals surface area contributed by atoms with Crippen LogP contribution in [0.5, 0.6) is 5.75 Å². The molecule has 3 rings (SSSR count). The van der Waals surface area contributed by atoms with E-state index in [1.165, 1.54) is 10.6 Å². The van der Waals surface area contributed by atoms with Gasteiger partial charge in [0.2, 0.25) is 10.0 Å². The predicted octanol–water partition coefficient (Wildman–Crippen LogP) is 1.09. The molecule has 12 heteroatoms. The van der Waals surface area contributed by atoms with E-state index in [1.807, 2.05) is 0 Å². The number of nitriles is 1. The number of rotatable bonds is 11. The maximum atomic E-state index is 12.4. The van der Waals surface area contributed by atoms with Gasteiger partial charge < -0.3 is 19.9 Å². The molecule has 1 amide bonds. The van der Waals surface area contributed by atoms with E-state index in [-0.39, 0.29) is 43.4 Å². The Morgan fingerprint density at radius 3 is 2.32 bits per heavy atom. The first kappa shape index (κ1) is 29.1. The first-order chi connectivity index (χ1) is 17.3. The number of ether oxygens (including phenoxy) is 3. The Morgan fingerprint density at radius 1 is 1.19 bits per heavy atom. The molecule has 1 aromatic rings. The predicted molar refractivity (Wildman–Crippen MR) is 139 cm³/mol. The molecular weight excluding hydrogens is 498 g/mol. The highest BCUT2D eigenvalue weighted by Gasteiger charge is 2.41. The van der Waals surface area contributed by atoms with Crippen LogP contribution in [0.3, 0.4) is 0 Å². The molecule has 0 saturated carbocycles. The van der Waals surface area contributed by atoms with Gasteiger partial charge in [-0.2, -0.15) is 9.57 Å². The number of hydrogen-bond donors (Lipinski definition) is 1. The van der Waals surface area contributed by atoms with E-state index in [0.717, 1.165) is 0 Å². The van der Waals surface area contributed by atoms with Gasteiger partial charge in [-0.3, -0.25) is 9.80 Å². The summed E-state index contributed by atoms with van der Waals surface area (Å²) in [6.45, 7) is 10.8. The summed E-state index contributed by atoms with van der Waals surface area (Å²) in [5.74, 6) is 0.591. The fourth-order valence-corrected chi connectivity index (χ4v) is 5.72. The van der Waals surface area contributed by atoms with Gasteiger partial charge in [-0.15, -0.1) is 0 Å². The van der Waals surface area contributed by atoms with E-state index >= 15 is 0 Å². The molecule has 0 radical (unpaired) electrons. The van der Waals surface area contributed by atoms with Gasteiger partial charge in [0.25, 0.3) is 0 Å². The van der Waals surface area contributed by atoms with Crippen LogP contribution in [0.1, 0.15) is 26.3 Å². The lowest BCUT2D eigenvalue weighted by atomic mass is 9.85. The Kier molecular flexibility index (Phi) is 9.77. The quantitative estimate of drug-likeness (QED) is 0.439. The molecule has 0 spiro atoms. The molecule has 1 aromatic carbocycles. The van der Waals surface area contributed by atoms with E-state index in [9.17, 15) is 13.2 Å². The first-order valence-electron chi connectivity index (χ1n) is 12.5. The average Bonchev–Trinajstić information content (AvgIpc) is 2.79. The summed E-state index contributed by atoms with van der Waals surface area (Å²) in [6, 6.07) is 8.78. The fourth-order valence-electron chi connectivity index (χ4n) is 4.90. The van der Waals surface area contributed by atoms with Gasteiger partial charge in [-0.25, -0.2) is 13.2 Å². The van der Waals surface area contributed by atoms with Gasteiger partial charge in [0.1, 0.15) is 19.0 Å². The molecule has 3 atom stereocenters. The topological polar surface area (TPSA) is 138 Å². The number of carbonyl (C=O) groups excluding carboxylic acids is 1. The van der Waals surface area contributed by atoms with Gasteiger partial charge in [0, 0.05) is 51.9 Å². The molecule has 0 aromatic heterocycles. The normalized spacial score (nSPS) is 21.8. The standard InChI is InChI=1S/C25H39N5O6S/c1-25(2,3)23(18-35-24(27)31)29-16-21-14-28(15-22(17-29)36-21)9-10-30(37(4,32)33)11-12-34-20-7-5-19(13-26)6-8-20/h5-8,21-23H,9-12,14-18H2,1-4H3,(H2,27,31). The second-order valence-corrected chi connectivity index (χ2v) is 12.7. The largest absolute Gasteiger partial charge is 0.492 e. The Labute approximate surface area is 220 Å². The van der Waals surface area contributed by atoms with Crippen LogP contribution in [0.15, 0.2) is 24.3 Å². The van der Waals surface area contributed by atoms with Gasteiger partial charge in [0.05, 0.1) is 30.1 Å². The highest BCUT2D eigenvalue weighted by Crippen LogP contribution is 2.29. The Balaban J connectivity index is 1.52. The van der Waals surface area contributed by atoms with Crippen molar-refractivity contribution in [2.75, 3.05) is 65.3 Å². The third-order valence-electron chi connectivity index (χ3n) is 6.74. The molecule has 3 unspecified atom stereocenters. The first-order valence-corrected chi connectivity index (χ1v) is 14.3. The maximum absolute atomic E-state index is 12.4. The van der Waals surface area contributed by atoms with E-state index in [1.54, 1.807) is 24.3 Å². The zero-order valence-electron chi connectivity index (χ0n) is 22.1. The van der Waals surface area contributed by atoms with Crippen LogP contribution >= 0.6 is 0 Å². The van der Waals surface area contributed by atoms with E-state index in [4.69, 9.17) is 25.2 Å². The number of carbonyl (C=O) groups is 1. The van der Waals surface area contributed by atoms with Crippen molar-refractivity contribution in [1.82, 2.24) is 14.1 Å². The van der Waals surface area contributed by atoms with Crippen LogP contribution in [-0.4, -0.2) is 112 Å². The molecule has 2 fully saturated rings. The lowest BCUT2D eigenvalue weighted by Crippen LogP contribution is -2.64. The highest BCUT2D eigenvalue weighted by molar-refractivity contribution is 7.88. The summed E-state index contributed by atoms with van der Waals surface area (Å²) in [7, 11) is -3.41. The lowest BCUT2D eigenvalue weighted by Gasteiger charge is -2.50. The number of primary amides is 1. The van der Waals surface area contributed by atoms with Crippen molar-refractivity contribution >= 4 is 16.1 Å². The number of morpholine rings is 2. The average molecular weight is 538 g/mol. The summed E-state index contributed by atoms with van der Waals surface area (Å²) in [5, 5.41) is 8.90. The van der Waals surface area contributed by atoms with Crippen LogP contribution in [0.4, 0.5) is 4.79 Å². The number of sulfonamides is 1. The molecule has 2 aliphatic heterocycles. The van der Waals surface area contributed by atoms with Crippen molar-refractivity contribution in [2.24, 2.45) is 11.1 Å². The van der Waals surface area contributed by atoms with Crippen LogP contribution in [-0.2, 0) is 19.5 Å². The van der Waals surface area contributed by atoms with Gasteiger partial charge in [0.15, 0.2) is 0 Å². The lowest BCUT2D eigenvalue weighted by molar-refractivity contribution is -0.156. The summed E-state index contributed by atoms with van der Waals surface area (Å²) in [4.78, 5) is 15.8. The molecule has 11 nitrogen and oxygen atoms in total. The minimum absolute atomic E-state index is 0.0114. The fraction of sp³-hybridized carbons (Fsp3) is 0.680. The Morgan fingerprint density at radius 2 is 1.81 bits per heavy atom. The maximum Gasteiger partial charge on any atom is 0.404 e. The van der Waals surface area contributed by atoms with Crippen LogP contribution in [0.2, 0.25) is 0 Å². The van der Waals surface area contributed by atoms with Crippen LogP contribution < -0.4 is 10.5 Å². The molecule has 2 aliphatic rings. The summed E-state index contributed by atoms with van der Waals surface area (Å²) in [6.07, 6.45) is 0.405. The molecule has 206 valence electrons. The SMILES string of the molecule is CC(C)(C)C(COC(N)=O)N1CC2CN(CCN(CCOc3ccc(C#N)cc3)S(C)(=O)=O)CC(C1)O2. The zero-order valence-corrected chi connectivity index (χ0v) is 22.9. The Bertz CT molecular complexity index is 1040. The molecular formula is C25H39N5O6S. The number of nitrogens with two attached hydrogens (primary N) is 1. The molecule has 2 bridgehead atoms. The van der Waals surface area contributed by atoms with Gasteiger partial charge in [-0.1, -0.05) is 20.8 Å². The monoisotopic (exact) mass is 537 g/mol. The highest BCUT2D eigenvalue weighted by atomic mass is 32.2. The zero-order chi connectivity index (χ0) is 27.2. The van der Waals surface area contributed by atoms with Crippen molar-refractivity contribution in [3.63, 3.8) is 0 Å². The van der Waals surface area contributed by atoms with Gasteiger partial charge >= 0.3 is 6.09 Å². The summed E-state index contributed by atoms with van der Waals surface area (Å²) >= 11 is 0. The number of fused-ring (bicyclic) bond motifs is 2. The number of hydrogen-bond acceptors (Lipinski definition) is 9. The molecule has 37 heavy (non-hydrogen) atoms. The number of amides is 1. The molecule has 2 heterocycles.